The number of nitrogens with one attached hydrogen (secondary N) is 2. The second-order valence-corrected chi connectivity index (χ2v) is 5.31. The third kappa shape index (κ3) is 4.46. The summed E-state index contributed by atoms with van der Waals surface area (Å²) in [6.07, 6.45) is 0.957. The molecule has 2 N–H and O–H groups in total. The molecule has 0 aliphatic rings. The molecule has 1 unspecified atom stereocenters. The predicted octanol–water partition coefficient (Wildman–Crippen LogP) is 4.52. The van der Waals surface area contributed by atoms with E-state index in [1.54, 1.807) is 0 Å². The second kappa shape index (κ2) is 8.39. The van der Waals surface area contributed by atoms with Crippen molar-refractivity contribution in [3.63, 3.8) is 0 Å². The summed E-state index contributed by atoms with van der Waals surface area (Å²) >= 11 is 5.44. The highest BCUT2D eigenvalue weighted by atomic mass is 32.1. The Morgan fingerprint density at radius 3 is 2.41 bits per heavy atom. The molecule has 0 saturated carbocycles. The number of benzene rings is 2. The lowest BCUT2D eigenvalue weighted by Crippen LogP contribution is -2.32. The van der Waals surface area contributed by atoms with Crippen molar-refractivity contribution >= 4 is 23.0 Å². The first kappa shape index (κ1) is 16.3. The molecule has 22 heavy (non-hydrogen) atoms. The molecule has 0 fully saturated rings. The van der Waals surface area contributed by atoms with E-state index in [1.807, 2.05) is 49.4 Å². The van der Waals surface area contributed by atoms with Crippen LogP contribution in [0.2, 0.25) is 0 Å². The van der Waals surface area contributed by atoms with Gasteiger partial charge in [-0.2, -0.15) is 0 Å². The number of hydrogen-bond donors (Lipinski definition) is 2. The van der Waals surface area contributed by atoms with Crippen molar-refractivity contribution in [3.8, 4) is 5.75 Å². The number of anilines is 1. The smallest absolute Gasteiger partial charge is 0.171 e. The van der Waals surface area contributed by atoms with Crippen molar-refractivity contribution in [1.82, 2.24) is 5.32 Å². The lowest BCUT2D eigenvalue weighted by atomic mass is 10.1. The highest BCUT2D eigenvalue weighted by Gasteiger charge is 2.11. The van der Waals surface area contributed by atoms with E-state index >= 15 is 0 Å². The maximum atomic E-state index is 5.60. The minimum absolute atomic E-state index is 0.195. The molecule has 2 rings (SSSR count). The molecule has 4 heteroatoms. The monoisotopic (exact) mass is 314 g/mol. The van der Waals surface area contributed by atoms with Crippen LogP contribution in [-0.4, -0.2) is 11.7 Å². The molecule has 0 heterocycles. The van der Waals surface area contributed by atoms with Crippen LogP contribution in [-0.2, 0) is 0 Å². The van der Waals surface area contributed by atoms with Gasteiger partial charge in [0.15, 0.2) is 5.11 Å². The zero-order valence-corrected chi connectivity index (χ0v) is 13.8. The first-order chi connectivity index (χ1) is 10.7. The van der Waals surface area contributed by atoms with Crippen LogP contribution < -0.4 is 15.4 Å². The summed E-state index contributed by atoms with van der Waals surface area (Å²) in [6.45, 7) is 4.73. The van der Waals surface area contributed by atoms with E-state index in [9.17, 15) is 0 Å². The van der Waals surface area contributed by atoms with Gasteiger partial charge in [-0.15, -0.1) is 0 Å². The van der Waals surface area contributed by atoms with Crippen molar-refractivity contribution in [1.29, 1.82) is 0 Å². The molecule has 1 atom stereocenters. The number of para-hydroxylation sites is 2. The molecule has 0 aromatic heterocycles. The zero-order valence-electron chi connectivity index (χ0n) is 13.0. The van der Waals surface area contributed by atoms with E-state index in [2.05, 4.69) is 29.7 Å². The molecule has 0 bridgehead atoms. The third-order valence-corrected chi connectivity index (χ3v) is 3.57. The lowest BCUT2D eigenvalue weighted by molar-refractivity contribution is 0.342. The fourth-order valence-corrected chi connectivity index (χ4v) is 2.53. The van der Waals surface area contributed by atoms with Crippen LogP contribution in [0.15, 0.2) is 54.6 Å². The van der Waals surface area contributed by atoms with Gasteiger partial charge in [0.05, 0.1) is 18.3 Å². The number of thiocarbonyl (C=S) groups is 1. The Labute approximate surface area is 137 Å². The number of ether oxygens (including phenoxy) is 1. The van der Waals surface area contributed by atoms with E-state index in [-0.39, 0.29) is 6.04 Å². The van der Waals surface area contributed by atoms with E-state index in [1.165, 1.54) is 5.56 Å². The van der Waals surface area contributed by atoms with Gasteiger partial charge in [0.2, 0.25) is 0 Å². The van der Waals surface area contributed by atoms with Gasteiger partial charge in [0, 0.05) is 0 Å². The van der Waals surface area contributed by atoms with Crippen molar-refractivity contribution in [2.24, 2.45) is 0 Å². The molecule has 3 nitrogen and oxygen atoms in total. The van der Waals surface area contributed by atoms with Crippen molar-refractivity contribution in [2.75, 3.05) is 11.9 Å². The summed E-state index contributed by atoms with van der Waals surface area (Å²) < 4.78 is 5.60. The average molecular weight is 314 g/mol. The molecule has 0 aliphatic carbocycles. The summed E-state index contributed by atoms with van der Waals surface area (Å²) in [5.74, 6) is 0.807. The van der Waals surface area contributed by atoms with Crippen molar-refractivity contribution in [3.05, 3.63) is 60.2 Å². The van der Waals surface area contributed by atoms with Crippen LogP contribution in [0.25, 0.3) is 0 Å². The minimum atomic E-state index is 0.195. The molecule has 2 aromatic rings. The number of hydrogen-bond acceptors (Lipinski definition) is 2. The molecule has 2 aromatic carbocycles. The molecular formula is C18H22N2OS. The van der Waals surface area contributed by atoms with Crippen LogP contribution >= 0.6 is 12.2 Å². The molecular weight excluding hydrogens is 292 g/mol. The minimum Gasteiger partial charge on any atom is -0.492 e. The van der Waals surface area contributed by atoms with E-state index < -0.39 is 0 Å². The SMILES string of the molecule is CCOc1ccccc1NC(=S)NC(CC)c1ccccc1. The van der Waals surface area contributed by atoms with Gasteiger partial charge < -0.3 is 15.4 Å². The second-order valence-electron chi connectivity index (χ2n) is 4.90. The van der Waals surface area contributed by atoms with Crippen LogP contribution in [0.5, 0.6) is 5.75 Å². The maximum Gasteiger partial charge on any atom is 0.171 e. The normalized spacial score (nSPS) is 11.5. The van der Waals surface area contributed by atoms with Gasteiger partial charge in [-0.3, -0.25) is 0 Å². The molecule has 116 valence electrons. The Balaban J connectivity index is 2.03. The molecule has 0 radical (unpaired) electrons. The average Bonchev–Trinajstić information content (AvgIpc) is 2.55. The lowest BCUT2D eigenvalue weighted by Gasteiger charge is -2.20. The number of rotatable bonds is 6. The fourth-order valence-electron chi connectivity index (χ4n) is 2.27. The largest absolute Gasteiger partial charge is 0.492 e. The fraction of sp³-hybridized carbons (Fsp3) is 0.278. The summed E-state index contributed by atoms with van der Waals surface area (Å²) in [5.41, 5.74) is 2.11. The Morgan fingerprint density at radius 2 is 1.73 bits per heavy atom. The molecule has 0 saturated heterocycles. The Morgan fingerprint density at radius 1 is 1.05 bits per heavy atom. The van der Waals surface area contributed by atoms with Crippen LogP contribution in [0.1, 0.15) is 31.9 Å². The highest BCUT2D eigenvalue weighted by molar-refractivity contribution is 7.80. The zero-order chi connectivity index (χ0) is 15.8. The van der Waals surface area contributed by atoms with Crippen molar-refractivity contribution in [2.45, 2.75) is 26.3 Å². The van der Waals surface area contributed by atoms with Gasteiger partial charge >= 0.3 is 0 Å². The summed E-state index contributed by atoms with van der Waals surface area (Å²) in [6, 6.07) is 18.3. The maximum absolute atomic E-state index is 5.60. The summed E-state index contributed by atoms with van der Waals surface area (Å²) in [7, 11) is 0. The van der Waals surface area contributed by atoms with E-state index in [0.29, 0.717) is 11.7 Å². The van der Waals surface area contributed by atoms with Gasteiger partial charge in [0.1, 0.15) is 5.75 Å². The van der Waals surface area contributed by atoms with Gasteiger partial charge in [-0.1, -0.05) is 49.4 Å². The van der Waals surface area contributed by atoms with Gasteiger partial charge in [-0.05, 0) is 43.3 Å². The van der Waals surface area contributed by atoms with Crippen LogP contribution in [0, 0.1) is 0 Å². The predicted molar refractivity (Wildman–Crippen MR) is 96.4 cm³/mol. The van der Waals surface area contributed by atoms with Gasteiger partial charge in [-0.25, -0.2) is 0 Å². The summed E-state index contributed by atoms with van der Waals surface area (Å²) in [5, 5.41) is 7.19. The quantitative estimate of drug-likeness (QED) is 0.768. The third-order valence-electron chi connectivity index (χ3n) is 3.35. The van der Waals surface area contributed by atoms with E-state index in [4.69, 9.17) is 17.0 Å². The first-order valence-corrected chi connectivity index (χ1v) is 7.99. The first-order valence-electron chi connectivity index (χ1n) is 7.58. The van der Waals surface area contributed by atoms with Crippen LogP contribution in [0.3, 0.4) is 0 Å². The van der Waals surface area contributed by atoms with Crippen molar-refractivity contribution < 1.29 is 4.74 Å². The Hall–Kier alpha value is -2.07. The molecule has 0 spiro atoms. The topological polar surface area (TPSA) is 33.3 Å². The summed E-state index contributed by atoms with van der Waals surface area (Å²) in [4.78, 5) is 0. The molecule has 0 amide bonds. The standard InChI is InChI=1S/C18H22N2OS/c1-3-15(14-10-6-5-7-11-14)19-18(22)20-16-12-8-9-13-17(16)21-4-2/h5-13,15H,3-4H2,1-2H3,(H2,19,20,22). The van der Waals surface area contributed by atoms with Gasteiger partial charge in [0.25, 0.3) is 0 Å². The van der Waals surface area contributed by atoms with Crippen LogP contribution in [0.4, 0.5) is 5.69 Å². The highest BCUT2D eigenvalue weighted by Crippen LogP contribution is 2.24. The molecule has 0 aliphatic heterocycles. The Bertz CT molecular complexity index is 601. The van der Waals surface area contributed by atoms with E-state index in [0.717, 1.165) is 17.9 Å². The Kier molecular flexibility index (Phi) is 6.22.